The van der Waals surface area contributed by atoms with Crippen LogP contribution in [-0.4, -0.2) is 59.4 Å². The number of fused-ring (bicyclic) bond motifs is 2. The van der Waals surface area contributed by atoms with Crippen LogP contribution in [0, 0.1) is 17.8 Å². The van der Waals surface area contributed by atoms with Crippen LogP contribution < -0.4 is 4.90 Å². The van der Waals surface area contributed by atoms with E-state index in [9.17, 15) is 9.59 Å². The van der Waals surface area contributed by atoms with Gasteiger partial charge < -0.3 is 9.80 Å². The van der Waals surface area contributed by atoms with Gasteiger partial charge in [0.05, 0.1) is 17.4 Å². The van der Waals surface area contributed by atoms with E-state index in [1.54, 1.807) is 4.90 Å². The molecule has 0 bridgehead atoms. The first-order chi connectivity index (χ1) is 17.2. The predicted molar refractivity (Wildman–Crippen MR) is 139 cm³/mol. The van der Waals surface area contributed by atoms with Crippen molar-refractivity contribution < 1.29 is 9.59 Å². The van der Waals surface area contributed by atoms with E-state index >= 15 is 0 Å². The molecular formula is C30H43N3O2. The van der Waals surface area contributed by atoms with E-state index in [0.717, 1.165) is 25.9 Å². The Morgan fingerprint density at radius 3 is 2.03 bits per heavy atom. The number of imide groups is 1. The highest BCUT2D eigenvalue weighted by atomic mass is 16.2. The number of para-hydroxylation sites is 1. The first-order valence-electron chi connectivity index (χ1n) is 14.6. The van der Waals surface area contributed by atoms with Crippen LogP contribution in [0.25, 0.3) is 0 Å². The Morgan fingerprint density at radius 1 is 0.771 bits per heavy atom. The van der Waals surface area contributed by atoms with Gasteiger partial charge in [0.1, 0.15) is 0 Å². The monoisotopic (exact) mass is 477 g/mol. The molecule has 0 N–H and O–H groups in total. The summed E-state index contributed by atoms with van der Waals surface area (Å²) in [5, 5.41) is 0. The largest absolute Gasteiger partial charge is 0.364 e. The van der Waals surface area contributed by atoms with Gasteiger partial charge in [-0.05, 0) is 56.6 Å². The van der Waals surface area contributed by atoms with Gasteiger partial charge in [-0.1, -0.05) is 63.1 Å². The van der Waals surface area contributed by atoms with Gasteiger partial charge in [0.2, 0.25) is 11.8 Å². The van der Waals surface area contributed by atoms with Crippen molar-refractivity contribution in [2.75, 3.05) is 31.1 Å². The Bertz CT molecular complexity index is 895. The number of hydrogen-bond acceptors (Lipinski definition) is 4. The van der Waals surface area contributed by atoms with Crippen LogP contribution in [0.3, 0.4) is 0 Å². The Kier molecular flexibility index (Phi) is 6.64. The SMILES string of the molecule is O=C1C2CN(c3ccccc3)C3(CCN(C4CCCCCCCCC4)CC3)C2C(=O)N1CC1CC1. The molecule has 3 heterocycles. The molecule has 1 aromatic rings. The number of nitrogens with zero attached hydrogens (tertiary/aromatic N) is 3. The fraction of sp³-hybridized carbons (Fsp3) is 0.733. The third-order valence-electron chi connectivity index (χ3n) is 9.97. The molecule has 5 nitrogen and oxygen atoms in total. The molecule has 3 saturated heterocycles. The quantitative estimate of drug-likeness (QED) is 0.556. The molecular weight excluding hydrogens is 434 g/mol. The second-order valence-corrected chi connectivity index (χ2v) is 12.1. The van der Waals surface area contributed by atoms with Crippen molar-refractivity contribution in [3.63, 3.8) is 0 Å². The molecule has 35 heavy (non-hydrogen) atoms. The maximum Gasteiger partial charge on any atom is 0.235 e. The van der Waals surface area contributed by atoms with E-state index in [1.807, 2.05) is 0 Å². The van der Waals surface area contributed by atoms with Gasteiger partial charge in [0, 0.05) is 37.9 Å². The van der Waals surface area contributed by atoms with Crippen molar-refractivity contribution in [3.8, 4) is 0 Å². The lowest BCUT2D eigenvalue weighted by molar-refractivity contribution is -0.141. The Morgan fingerprint density at radius 2 is 1.40 bits per heavy atom. The van der Waals surface area contributed by atoms with Crippen LogP contribution in [0.5, 0.6) is 0 Å². The summed E-state index contributed by atoms with van der Waals surface area (Å²) in [4.78, 5) is 34.2. The minimum Gasteiger partial charge on any atom is -0.364 e. The van der Waals surface area contributed by atoms with E-state index in [2.05, 4.69) is 40.1 Å². The zero-order valence-corrected chi connectivity index (χ0v) is 21.4. The molecule has 2 saturated carbocycles. The summed E-state index contributed by atoms with van der Waals surface area (Å²) in [6.07, 6.45) is 16.7. The summed E-state index contributed by atoms with van der Waals surface area (Å²) in [6, 6.07) is 11.3. The number of rotatable bonds is 4. The number of carbonyl (C=O) groups is 2. The van der Waals surface area contributed by atoms with Crippen molar-refractivity contribution in [1.82, 2.24) is 9.80 Å². The highest BCUT2D eigenvalue weighted by Gasteiger charge is 2.65. The average Bonchev–Trinajstić information content (AvgIpc) is 3.62. The van der Waals surface area contributed by atoms with E-state index < -0.39 is 0 Å². The van der Waals surface area contributed by atoms with Gasteiger partial charge in [0.25, 0.3) is 0 Å². The molecule has 5 fully saturated rings. The number of carbonyl (C=O) groups excluding carboxylic acids is 2. The summed E-state index contributed by atoms with van der Waals surface area (Å²) >= 11 is 0. The molecule has 190 valence electrons. The molecule has 0 radical (unpaired) electrons. The molecule has 2 aliphatic carbocycles. The van der Waals surface area contributed by atoms with Crippen LogP contribution in [0.2, 0.25) is 0 Å². The molecule has 6 rings (SSSR count). The standard InChI is InChI=1S/C30H43N3O2/c34-28-26-22-33(25-13-9-6-10-14-25)30(27(26)29(35)32(28)21-23-15-16-23)17-19-31(20-18-30)24-11-7-4-2-1-3-5-8-12-24/h6,9-10,13-14,23-24,26-27H,1-5,7-8,11-12,15-22H2. The average molecular weight is 478 g/mol. The summed E-state index contributed by atoms with van der Waals surface area (Å²) in [6.45, 7) is 3.48. The first-order valence-corrected chi connectivity index (χ1v) is 14.6. The Balaban J connectivity index is 1.23. The number of anilines is 1. The third-order valence-corrected chi connectivity index (χ3v) is 9.97. The van der Waals surface area contributed by atoms with Gasteiger partial charge >= 0.3 is 0 Å². The van der Waals surface area contributed by atoms with Crippen LogP contribution in [-0.2, 0) is 9.59 Å². The molecule has 0 aromatic heterocycles. The summed E-state index contributed by atoms with van der Waals surface area (Å²) < 4.78 is 0. The fourth-order valence-electron chi connectivity index (χ4n) is 7.85. The van der Waals surface area contributed by atoms with Crippen molar-refractivity contribution >= 4 is 17.5 Å². The van der Waals surface area contributed by atoms with Crippen molar-refractivity contribution in [1.29, 1.82) is 0 Å². The molecule has 1 spiro atoms. The lowest BCUT2D eigenvalue weighted by atomic mass is 9.74. The second kappa shape index (κ2) is 9.88. The Hall–Kier alpha value is -1.88. The van der Waals surface area contributed by atoms with E-state index in [1.165, 1.54) is 76.3 Å². The minimum atomic E-state index is -0.219. The predicted octanol–water partition coefficient (Wildman–Crippen LogP) is 5.25. The normalized spacial score (nSPS) is 30.7. The van der Waals surface area contributed by atoms with Crippen LogP contribution in [0.15, 0.2) is 30.3 Å². The third kappa shape index (κ3) is 4.43. The Labute approximate surface area is 211 Å². The summed E-state index contributed by atoms with van der Waals surface area (Å²) in [5.74, 6) is 0.469. The topological polar surface area (TPSA) is 43.9 Å². The molecule has 2 unspecified atom stereocenters. The van der Waals surface area contributed by atoms with Crippen molar-refractivity contribution in [2.45, 2.75) is 95.1 Å². The van der Waals surface area contributed by atoms with Gasteiger partial charge in [0.15, 0.2) is 0 Å². The number of likely N-dealkylation sites (tertiary alicyclic amines) is 2. The lowest BCUT2D eigenvalue weighted by Gasteiger charge is -2.50. The molecule has 2 atom stereocenters. The number of benzene rings is 1. The van der Waals surface area contributed by atoms with Crippen LogP contribution in [0.1, 0.15) is 83.5 Å². The summed E-state index contributed by atoms with van der Waals surface area (Å²) in [5.41, 5.74) is 0.965. The van der Waals surface area contributed by atoms with Crippen molar-refractivity contribution in [2.24, 2.45) is 17.8 Å². The van der Waals surface area contributed by atoms with Gasteiger partial charge in [-0.2, -0.15) is 0 Å². The van der Waals surface area contributed by atoms with Gasteiger partial charge in [-0.3, -0.25) is 14.5 Å². The maximum atomic E-state index is 13.8. The van der Waals surface area contributed by atoms with E-state index in [4.69, 9.17) is 0 Å². The van der Waals surface area contributed by atoms with E-state index in [0.29, 0.717) is 25.0 Å². The van der Waals surface area contributed by atoms with E-state index in [-0.39, 0.29) is 29.2 Å². The first kappa shape index (κ1) is 23.5. The lowest BCUT2D eigenvalue weighted by Crippen LogP contribution is -2.59. The molecule has 5 heteroatoms. The maximum absolute atomic E-state index is 13.8. The van der Waals surface area contributed by atoms with Gasteiger partial charge in [-0.15, -0.1) is 0 Å². The zero-order valence-electron chi connectivity index (χ0n) is 21.4. The molecule has 2 amide bonds. The highest BCUT2D eigenvalue weighted by Crippen LogP contribution is 2.52. The van der Waals surface area contributed by atoms with Crippen LogP contribution in [0.4, 0.5) is 5.69 Å². The number of amides is 2. The smallest absolute Gasteiger partial charge is 0.235 e. The van der Waals surface area contributed by atoms with Gasteiger partial charge in [-0.25, -0.2) is 0 Å². The molecule has 1 aromatic carbocycles. The fourth-order valence-corrected chi connectivity index (χ4v) is 7.85. The minimum absolute atomic E-state index is 0.111. The zero-order chi connectivity index (χ0) is 23.8. The summed E-state index contributed by atoms with van der Waals surface area (Å²) in [7, 11) is 0. The molecule has 5 aliphatic rings. The highest BCUT2D eigenvalue weighted by molar-refractivity contribution is 6.07. The van der Waals surface area contributed by atoms with Crippen LogP contribution >= 0.6 is 0 Å². The second-order valence-electron chi connectivity index (χ2n) is 12.1. The number of piperidine rings is 1. The molecule has 3 aliphatic heterocycles. The number of hydrogen-bond donors (Lipinski definition) is 0. The van der Waals surface area contributed by atoms with Crippen molar-refractivity contribution in [3.05, 3.63) is 30.3 Å².